The summed E-state index contributed by atoms with van der Waals surface area (Å²) < 4.78 is 0. The lowest BCUT2D eigenvalue weighted by atomic mass is 9.86. The normalized spacial score (nSPS) is 27.3. The second-order valence-electron chi connectivity index (χ2n) is 6.45. The first-order valence-electron chi connectivity index (χ1n) is 8.05. The predicted octanol–water partition coefficient (Wildman–Crippen LogP) is 1.07. The number of carbonyl (C=O) groups excluding carboxylic acids is 1. The Morgan fingerprint density at radius 3 is 2.42 bits per heavy atom. The highest BCUT2D eigenvalue weighted by Crippen LogP contribution is 2.28. The van der Waals surface area contributed by atoms with Crippen LogP contribution in [-0.4, -0.2) is 61.0 Å². The molecule has 0 bridgehead atoms. The highest BCUT2D eigenvalue weighted by Gasteiger charge is 2.35. The molecular weight excluding hydrogens is 238 g/mol. The molecule has 2 aliphatic heterocycles. The van der Waals surface area contributed by atoms with Crippen molar-refractivity contribution in [3.05, 3.63) is 0 Å². The van der Waals surface area contributed by atoms with Crippen LogP contribution in [0.15, 0.2) is 0 Å². The topological polar surface area (TPSA) is 35.6 Å². The minimum absolute atomic E-state index is 0.415. The molecule has 4 heteroatoms. The van der Waals surface area contributed by atoms with Gasteiger partial charge in [0.05, 0.1) is 0 Å². The summed E-state index contributed by atoms with van der Waals surface area (Å²) in [6, 6.07) is 0.636. The zero-order chi connectivity index (χ0) is 13.1. The first-order valence-corrected chi connectivity index (χ1v) is 8.05. The maximum Gasteiger partial charge on any atom is 0.222 e. The van der Waals surface area contributed by atoms with E-state index in [2.05, 4.69) is 15.1 Å². The second-order valence-corrected chi connectivity index (χ2v) is 6.45. The van der Waals surface area contributed by atoms with Gasteiger partial charge in [-0.2, -0.15) is 0 Å². The summed E-state index contributed by atoms with van der Waals surface area (Å²) in [4.78, 5) is 16.8. The van der Waals surface area contributed by atoms with Crippen molar-refractivity contribution in [1.82, 2.24) is 15.1 Å². The number of carbonyl (C=O) groups is 1. The summed E-state index contributed by atoms with van der Waals surface area (Å²) in [5, 5.41) is 3.38. The van der Waals surface area contributed by atoms with Crippen molar-refractivity contribution in [2.24, 2.45) is 5.92 Å². The minimum atomic E-state index is 0.415. The molecule has 0 aromatic carbocycles. The molecule has 0 aromatic heterocycles. The molecule has 1 amide bonds. The summed E-state index contributed by atoms with van der Waals surface area (Å²) >= 11 is 0. The van der Waals surface area contributed by atoms with Crippen molar-refractivity contribution >= 4 is 5.91 Å². The zero-order valence-electron chi connectivity index (χ0n) is 11.9. The molecule has 1 N–H and O–H groups in total. The van der Waals surface area contributed by atoms with Gasteiger partial charge < -0.3 is 10.2 Å². The van der Waals surface area contributed by atoms with Gasteiger partial charge in [0.25, 0.3) is 0 Å². The minimum Gasteiger partial charge on any atom is -0.339 e. The summed E-state index contributed by atoms with van der Waals surface area (Å²) in [6.45, 7) is 6.46. The van der Waals surface area contributed by atoms with Crippen LogP contribution in [0.4, 0.5) is 0 Å². The number of nitrogens with zero attached hydrogens (tertiary/aromatic N) is 2. The van der Waals surface area contributed by atoms with Crippen LogP contribution in [0.5, 0.6) is 0 Å². The number of amides is 1. The van der Waals surface area contributed by atoms with E-state index in [9.17, 15) is 4.79 Å². The van der Waals surface area contributed by atoms with Crippen LogP contribution in [0.25, 0.3) is 0 Å². The average Bonchev–Trinajstić information content (AvgIpc) is 2.39. The molecule has 0 atom stereocenters. The lowest BCUT2D eigenvalue weighted by Gasteiger charge is -2.47. The number of hydrogen-bond acceptors (Lipinski definition) is 3. The molecule has 4 nitrogen and oxygen atoms in total. The molecule has 1 saturated carbocycles. The third kappa shape index (κ3) is 3.29. The van der Waals surface area contributed by atoms with Crippen molar-refractivity contribution in [1.29, 1.82) is 0 Å². The van der Waals surface area contributed by atoms with Crippen LogP contribution in [-0.2, 0) is 4.79 Å². The molecule has 2 saturated heterocycles. The molecule has 0 unspecified atom stereocenters. The van der Waals surface area contributed by atoms with Crippen LogP contribution >= 0.6 is 0 Å². The first kappa shape index (κ1) is 13.4. The van der Waals surface area contributed by atoms with Crippen molar-refractivity contribution in [3.63, 3.8) is 0 Å². The molecule has 19 heavy (non-hydrogen) atoms. The van der Waals surface area contributed by atoms with E-state index in [4.69, 9.17) is 0 Å². The molecule has 0 aromatic rings. The Kier molecular flexibility index (Phi) is 4.38. The number of hydrogen-bond donors (Lipinski definition) is 1. The van der Waals surface area contributed by atoms with Gasteiger partial charge in [-0.25, -0.2) is 0 Å². The fourth-order valence-corrected chi connectivity index (χ4v) is 3.70. The smallest absolute Gasteiger partial charge is 0.222 e. The fraction of sp³-hybridized carbons (Fsp3) is 0.933. The van der Waals surface area contributed by atoms with Crippen LogP contribution in [0, 0.1) is 5.92 Å². The Labute approximate surface area is 116 Å². The Morgan fingerprint density at radius 2 is 1.74 bits per heavy atom. The van der Waals surface area contributed by atoms with Gasteiger partial charge in [0.15, 0.2) is 0 Å². The molecule has 0 spiro atoms. The molecular formula is C15H27N3O. The Hall–Kier alpha value is -0.610. The van der Waals surface area contributed by atoms with Crippen LogP contribution in [0.2, 0.25) is 0 Å². The van der Waals surface area contributed by atoms with Crippen molar-refractivity contribution in [2.75, 3.05) is 39.3 Å². The van der Waals surface area contributed by atoms with E-state index in [0.717, 1.165) is 45.7 Å². The highest BCUT2D eigenvalue weighted by molar-refractivity contribution is 5.77. The van der Waals surface area contributed by atoms with Gasteiger partial charge in [-0.05, 0) is 18.8 Å². The average molecular weight is 265 g/mol. The van der Waals surface area contributed by atoms with Gasteiger partial charge in [-0.3, -0.25) is 9.69 Å². The third-order valence-corrected chi connectivity index (χ3v) is 5.07. The van der Waals surface area contributed by atoms with Gasteiger partial charge >= 0.3 is 0 Å². The number of nitrogens with one attached hydrogen (secondary N) is 1. The standard InChI is InChI=1S/C15H27N3O/c19-15(10-13-4-2-1-3-5-13)18-11-14(12-18)17-8-6-16-7-9-17/h13-14,16H,1-12H2. The van der Waals surface area contributed by atoms with E-state index in [1.165, 1.54) is 32.1 Å². The summed E-state index contributed by atoms with van der Waals surface area (Å²) in [5.74, 6) is 1.10. The van der Waals surface area contributed by atoms with E-state index >= 15 is 0 Å². The van der Waals surface area contributed by atoms with Crippen LogP contribution in [0.1, 0.15) is 38.5 Å². The number of likely N-dealkylation sites (tertiary alicyclic amines) is 1. The van der Waals surface area contributed by atoms with Gasteiger partial charge in [0.1, 0.15) is 0 Å². The lowest BCUT2D eigenvalue weighted by molar-refractivity contribution is -0.140. The van der Waals surface area contributed by atoms with E-state index in [0.29, 0.717) is 17.9 Å². The van der Waals surface area contributed by atoms with Crippen molar-refractivity contribution in [3.8, 4) is 0 Å². The van der Waals surface area contributed by atoms with Crippen molar-refractivity contribution in [2.45, 2.75) is 44.6 Å². The van der Waals surface area contributed by atoms with E-state index in [1.54, 1.807) is 0 Å². The van der Waals surface area contributed by atoms with E-state index in [-0.39, 0.29) is 0 Å². The second kappa shape index (κ2) is 6.23. The van der Waals surface area contributed by atoms with Gasteiger partial charge in [-0.1, -0.05) is 19.3 Å². The summed E-state index contributed by atoms with van der Waals surface area (Å²) in [7, 11) is 0. The number of rotatable bonds is 3. The highest BCUT2D eigenvalue weighted by atomic mass is 16.2. The van der Waals surface area contributed by atoms with E-state index < -0.39 is 0 Å². The largest absolute Gasteiger partial charge is 0.339 e. The Bertz CT molecular complexity index is 303. The predicted molar refractivity (Wildman–Crippen MR) is 76.0 cm³/mol. The third-order valence-electron chi connectivity index (χ3n) is 5.07. The number of piperazine rings is 1. The molecule has 3 aliphatic rings. The monoisotopic (exact) mass is 265 g/mol. The molecule has 0 radical (unpaired) electrons. The maximum absolute atomic E-state index is 12.2. The maximum atomic E-state index is 12.2. The van der Waals surface area contributed by atoms with Gasteiger partial charge in [0.2, 0.25) is 5.91 Å². The van der Waals surface area contributed by atoms with Crippen molar-refractivity contribution < 1.29 is 4.79 Å². The molecule has 1 aliphatic carbocycles. The Morgan fingerprint density at radius 1 is 1.05 bits per heavy atom. The Balaban J connectivity index is 1.38. The summed E-state index contributed by atoms with van der Waals surface area (Å²) in [5.41, 5.74) is 0. The first-order chi connectivity index (χ1) is 9.33. The lowest BCUT2D eigenvalue weighted by Crippen LogP contribution is -2.64. The fourth-order valence-electron chi connectivity index (χ4n) is 3.70. The SMILES string of the molecule is O=C(CC1CCCCC1)N1CC(N2CCNCC2)C1. The molecule has 108 valence electrons. The van der Waals surface area contributed by atoms with Gasteiger partial charge in [-0.15, -0.1) is 0 Å². The zero-order valence-corrected chi connectivity index (χ0v) is 11.9. The quantitative estimate of drug-likeness (QED) is 0.829. The molecule has 3 rings (SSSR count). The molecule has 2 heterocycles. The van der Waals surface area contributed by atoms with Crippen LogP contribution in [0.3, 0.4) is 0 Å². The van der Waals surface area contributed by atoms with Gasteiger partial charge in [0, 0.05) is 51.7 Å². The van der Waals surface area contributed by atoms with Crippen LogP contribution < -0.4 is 5.32 Å². The molecule has 3 fully saturated rings. The van der Waals surface area contributed by atoms with E-state index in [1.807, 2.05) is 0 Å². The summed E-state index contributed by atoms with van der Waals surface area (Å²) in [6.07, 6.45) is 7.41.